The molecule has 1 unspecified atom stereocenters. The molecule has 0 aliphatic heterocycles. The molecule has 100 valence electrons. The summed E-state index contributed by atoms with van der Waals surface area (Å²) < 4.78 is 0. The van der Waals surface area contributed by atoms with Crippen LogP contribution in [0.5, 0.6) is 0 Å². The van der Waals surface area contributed by atoms with Gasteiger partial charge in [0.25, 0.3) is 0 Å². The highest BCUT2D eigenvalue weighted by molar-refractivity contribution is 6.29. The van der Waals surface area contributed by atoms with Gasteiger partial charge in [0.2, 0.25) is 0 Å². The van der Waals surface area contributed by atoms with Crippen LogP contribution in [-0.4, -0.2) is 4.98 Å². The van der Waals surface area contributed by atoms with Crippen LogP contribution in [0.2, 0.25) is 5.15 Å². The van der Waals surface area contributed by atoms with Gasteiger partial charge in [-0.1, -0.05) is 42.8 Å². The second kappa shape index (κ2) is 6.66. The number of nitrogens with one attached hydrogen (secondary N) is 1. The normalized spacial score (nSPS) is 12.4. The first-order valence-electron chi connectivity index (χ1n) is 6.38. The number of pyridine rings is 1. The van der Waals surface area contributed by atoms with E-state index in [1.165, 1.54) is 11.1 Å². The fraction of sp³-hybridized carbons (Fsp3) is 0.267. The second-order valence-electron chi connectivity index (χ2n) is 4.51. The van der Waals surface area contributed by atoms with E-state index < -0.39 is 0 Å². The molecule has 1 aromatic carbocycles. The fourth-order valence-electron chi connectivity index (χ4n) is 2.05. The lowest BCUT2D eigenvalue weighted by Gasteiger charge is -2.16. The molecule has 0 aliphatic carbocycles. The molecule has 2 rings (SSSR count). The Balaban J connectivity index is 2.14. The zero-order valence-corrected chi connectivity index (χ0v) is 11.7. The summed E-state index contributed by atoms with van der Waals surface area (Å²) in [5, 5.41) is 0.485. The van der Waals surface area contributed by atoms with Crippen molar-refractivity contribution < 1.29 is 0 Å². The Bertz CT molecular complexity index is 525. The van der Waals surface area contributed by atoms with Crippen LogP contribution in [0.3, 0.4) is 0 Å². The summed E-state index contributed by atoms with van der Waals surface area (Å²) in [6.07, 6.45) is 3.57. The quantitative estimate of drug-likeness (QED) is 0.501. The minimum atomic E-state index is 0.0352. The van der Waals surface area contributed by atoms with Crippen LogP contribution in [0.1, 0.15) is 29.7 Å². The van der Waals surface area contributed by atoms with Gasteiger partial charge in [-0.2, -0.15) is 0 Å². The highest BCUT2D eigenvalue weighted by Gasteiger charge is 2.11. The summed E-state index contributed by atoms with van der Waals surface area (Å²) in [6.45, 7) is 2.15. The van der Waals surface area contributed by atoms with Crippen molar-refractivity contribution >= 4 is 11.6 Å². The highest BCUT2D eigenvalue weighted by atomic mass is 35.5. The topological polar surface area (TPSA) is 50.9 Å². The molecule has 0 bridgehead atoms. The number of nitrogens with two attached hydrogens (primary N) is 1. The summed E-state index contributed by atoms with van der Waals surface area (Å²) in [5.41, 5.74) is 6.46. The average molecular weight is 276 g/mol. The number of nitrogens with zero attached hydrogens (tertiary/aromatic N) is 1. The third-order valence-corrected chi connectivity index (χ3v) is 3.43. The number of halogens is 1. The largest absolute Gasteiger partial charge is 0.271 e. The molecule has 3 nitrogen and oxygen atoms in total. The van der Waals surface area contributed by atoms with E-state index in [-0.39, 0.29) is 6.04 Å². The van der Waals surface area contributed by atoms with Crippen LogP contribution >= 0.6 is 11.6 Å². The lowest BCUT2D eigenvalue weighted by Crippen LogP contribution is -2.29. The molecule has 0 fully saturated rings. The number of hydrazine groups is 1. The van der Waals surface area contributed by atoms with Crippen molar-refractivity contribution in [2.45, 2.75) is 25.8 Å². The SMILES string of the molecule is CCc1ccc(CC(NN)c2ccnc(Cl)c2)cc1. The highest BCUT2D eigenvalue weighted by Crippen LogP contribution is 2.20. The summed E-state index contributed by atoms with van der Waals surface area (Å²) in [7, 11) is 0. The van der Waals surface area contributed by atoms with E-state index in [2.05, 4.69) is 41.6 Å². The van der Waals surface area contributed by atoms with Crippen molar-refractivity contribution in [1.82, 2.24) is 10.4 Å². The molecule has 1 atom stereocenters. The van der Waals surface area contributed by atoms with Crippen LogP contribution in [0.25, 0.3) is 0 Å². The fourth-order valence-corrected chi connectivity index (χ4v) is 2.24. The van der Waals surface area contributed by atoms with Gasteiger partial charge in [0.1, 0.15) is 5.15 Å². The number of aryl methyl sites for hydroxylation is 1. The van der Waals surface area contributed by atoms with E-state index in [0.29, 0.717) is 5.15 Å². The van der Waals surface area contributed by atoms with Gasteiger partial charge in [0, 0.05) is 6.20 Å². The number of rotatable bonds is 5. The van der Waals surface area contributed by atoms with Crippen molar-refractivity contribution in [2.24, 2.45) is 5.84 Å². The Morgan fingerprint density at radius 1 is 1.21 bits per heavy atom. The molecule has 0 radical (unpaired) electrons. The van der Waals surface area contributed by atoms with E-state index in [4.69, 9.17) is 17.4 Å². The maximum Gasteiger partial charge on any atom is 0.129 e. The van der Waals surface area contributed by atoms with E-state index >= 15 is 0 Å². The summed E-state index contributed by atoms with van der Waals surface area (Å²) >= 11 is 5.91. The van der Waals surface area contributed by atoms with E-state index in [1.54, 1.807) is 6.20 Å². The first-order chi connectivity index (χ1) is 9.22. The van der Waals surface area contributed by atoms with Gasteiger partial charge >= 0.3 is 0 Å². The predicted octanol–water partition coefficient (Wildman–Crippen LogP) is 3.04. The minimum Gasteiger partial charge on any atom is -0.271 e. The zero-order valence-electron chi connectivity index (χ0n) is 10.9. The maximum absolute atomic E-state index is 5.91. The molecule has 0 aliphatic rings. The van der Waals surface area contributed by atoms with Crippen molar-refractivity contribution in [2.75, 3.05) is 0 Å². The number of benzene rings is 1. The second-order valence-corrected chi connectivity index (χ2v) is 4.89. The molecule has 2 aromatic rings. The molecule has 3 N–H and O–H groups in total. The number of aromatic nitrogens is 1. The minimum absolute atomic E-state index is 0.0352. The molecule has 0 spiro atoms. The average Bonchev–Trinajstić information content (AvgIpc) is 2.45. The van der Waals surface area contributed by atoms with Crippen molar-refractivity contribution in [3.05, 3.63) is 64.4 Å². The van der Waals surface area contributed by atoms with Crippen LogP contribution < -0.4 is 11.3 Å². The van der Waals surface area contributed by atoms with Crippen molar-refractivity contribution in [1.29, 1.82) is 0 Å². The van der Waals surface area contributed by atoms with Gasteiger partial charge in [0.15, 0.2) is 0 Å². The lowest BCUT2D eigenvalue weighted by atomic mass is 9.99. The van der Waals surface area contributed by atoms with Crippen LogP contribution in [-0.2, 0) is 12.8 Å². The standard InChI is InChI=1S/C15H18ClN3/c1-2-11-3-5-12(6-4-11)9-14(19-17)13-7-8-18-15(16)10-13/h3-8,10,14,19H,2,9,17H2,1H3. The van der Waals surface area contributed by atoms with Gasteiger partial charge in [-0.15, -0.1) is 0 Å². The monoisotopic (exact) mass is 275 g/mol. The van der Waals surface area contributed by atoms with Gasteiger partial charge in [-0.05, 0) is 41.7 Å². The third kappa shape index (κ3) is 3.77. The van der Waals surface area contributed by atoms with Gasteiger partial charge < -0.3 is 0 Å². The molecule has 0 amide bonds. The molecule has 0 saturated heterocycles. The smallest absolute Gasteiger partial charge is 0.129 e. The maximum atomic E-state index is 5.91. The van der Waals surface area contributed by atoms with Gasteiger partial charge in [-0.3, -0.25) is 11.3 Å². The Morgan fingerprint density at radius 3 is 2.47 bits per heavy atom. The molecule has 4 heteroatoms. The van der Waals surface area contributed by atoms with Crippen molar-refractivity contribution in [3.63, 3.8) is 0 Å². The Morgan fingerprint density at radius 2 is 1.89 bits per heavy atom. The summed E-state index contributed by atoms with van der Waals surface area (Å²) in [5.74, 6) is 5.65. The van der Waals surface area contributed by atoms with E-state index in [1.807, 2.05) is 12.1 Å². The Kier molecular flexibility index (Phi) is 4.91. The Hall–Kier alpha value is -1.42. The third-order valence-electron chi connectivity index (χ3n) is 3.23. The summed E-state index contributed by atoms with van der Waals surface area (Å²) in [4.78, 5) is 3.98. The molecular formula is C15H18ClN3. The number of hydrogen-bond acceptors (Lipinski definition) is 3. The van der Waals surface area contributed by atoms with E-state index in [0.717, 1.165) is 18.4 Å². The Labute approximate surface area is 118 Å². The van der Waals surface area contributed by atoms with Crippen molar-refractivity contribution in [3.8, 4) is 0 Å². The zero-order chi connectivity index (χ0) is 13.7. The molecule has 1 aromatic heterocycles. The lowest BCUT2D eigenvalue weighted by molar-refractivity contribution is 0.551. The summed E-state index contributed by atoms with van der Waals surface area (Å²) in [6, 6.07) is 12.4. The first kappa shape index (κ1) is 14.0. The van der Waals surface area contributed by atoms with Gasteiger partial charge in [0.05, 0.1) is 6.04 Å². The molecule has 0 saturated carbocycles. The van der Waals surface area contributed by atoms with E-state index in [9.17, 15) is 0 Å². The number of hydrogen-bond donors (Lipinski definition) is 2. The van der Waals surface area contributed by atoms with Crippen LogP contribution in [0.15, 0.2) is 42.6 Å². The predicted molar refractivity (Wildman–Crippen MR) is 78.8 cm³/mol. The first-order valence-corrected chi connectivity index (χ1v) is 6.76. The van der Waals surface area contributed by atoms with Crippen LogP contribution in [0.4, 0.5) is 0 Å². The molecule has 19 heavy (non-hydrogen) atoms. The molecular weight excluding hydrogens is 258 g/mol. The van der Waals surface area contributed by atoms with Gasteiger partial charge in [-0.25, -0.2) is 4.98 Å². The molecule has 1 heterocycles. The van der Waals surface area contributed by atoms with Crippen LogP contribution in [0, 0.1) is 0 Å².